The molecule has 3 N–H and O–H groups in total. The van der Waals surface area contributed by atoms with Gasteiger partial charge in [0.25, 0.3) is 0 Å². The number of phosphoric acid groups is 1. The van der Waals surface area contributed by atoms with E-state index in [1.54, 1.807) is 0 Å². The normalized spacial score (nSPS) is 14.2. The topological polar surface area (TPSA) is 117 Å². The highest BCUT2D eigenvalue weighted by atomic mass is 31.2. The van der Waals surface area contributed by atoms with Crippen molar-refractivity contribution in [1.29, 1.82) is 0 Å². The minimum atomic E-state index is -4.29. The van der Waals surface area contributed by atoms with Crippen molar-refractivity contribution in [3.05, 3.63) is 72.9 Å². The van der Waals surface area contributed by atoms with Crippen molar-refractivity contribution in [2.75, 3.05) is 33.0 Å². The number of carbonyl (C=O) groups is 1. The predicted octanol–water partition coefficient (Wildman–Crippen LogP) is 13.1. The van der Waals surface area contributed by atoms with Crippen molar-refractivity contribution in [1.82, 2.24) is 0 Å². The summed E-state index contributed by atoms with van der Waals surface area (Å²) >= 11 is 0. The monoisotopic (exact) mass is 792 g/mol. The van der Waals surface area contributed by atoms with Crippen molar-refractivity contribution >= 4 is 13.8 Å². The number of allylic oxidation sites excluding steroid dienone is 12. The van der Waals surface area contributed by atoms with Crippen LogP contribution in [0.5, 0.6) is 0 Å². The van der Waals surface area contributed by atoms with Gasteiger partial charge in [-0.15, -0.1) is 0 Å². The third-order valence-electron chi connectivity index (χ3n) is 8.86. The maximum Gasteiger partial charge on any atom is 0.472 e. The molecule has 0 heterocycles. The SMILES string of the molecule is CC/C=C\C/C=C\C/C=C\C/C=C\C/C=C\CCCCOCC(COP(=O)(O)OCCN)OC(=O)CCCCCCCCC/C=C\CCCCCCCCC. The van der Waals surface area contributed by atoms with Gasteiger partial charge in [0.05, 0.1) is 19.8 Å². The zero-order valence-corrected chi connectivity index (χ0v) is 36.0. The number of ether oxygens (including phenoxy) is 2. The smallest absolute Gasteiger partial charge is 0.457 e. The Balaban J connectivity index is 4.13. The molecule has 0 aliphatic rings. The van der Waals surface area contributed by atoms with Gasteiger partial charge in [-0.25, -0.2) is 4.57 Å². The van der Waals surface area contributed by atoms with Gasteiger partial charge in [0.2, 0.25) is 0 Å². The fraction of sp³-hybridized carbons (Fsp3) is 0.717. The summed E-state index contributed by atoms with van der Waals surface area (Å²) in [6, 6.07) is 0. The molecule has 0 aliphatic carbocycles. The summed E-state index contributed by atoms with van der Waals surface area (Å²) in [6.07, 6.45) is 53.5. The number of hydrogen-bond acceptors (Lipinski definition) is 7. The summed E-state index contributed by atoms with van der Waals surface area (Å²) in [7, 11) is -4.29. The first kappa shape index (κ1) is 52.9. The third-order valence-corrected chi connectivity index (χ3v) is 9.84. The second-order valence-corrected chi connectivity index (χ2v) is 15.6. The van der Waals surface area contributed by atoms with E-state index in [-0.39, 0.29) is 32.3 Å². The lowest BCUT2D eigenvalue weighted by atomic mass is 10.1. The van der Waals surface area contributed by atoms with Crippen LogP contribution in [0.4, 0.5) is 0 Å². The van der Waals surface area contributed by atoms with Gasteiger partial charge in [0.15, 0.2) is 0 Å². The summed E-state index contributed by atoms with van der Waals surface area (Å²) in [5, 5.41) is 0. The molecule has 0 aromatic heterocycles. The Kier molecular flexibility index (Phi) is 41.5. The second-order valence-electron chi connectivity index (χ2n) is 14.2. The van der Waals surface area contributed by atoms with Gasteiger partial charge in [-0.2, -0.15) is 0 Å². The highest BCUT2D eigenvalue weighted by Crippen LogP contribution is 2.43. The van der Waals surface area contributed by atoms with Gasteiger partial charge in [-0.1, -0.05) is 157 Å². The van der Waals surface area contributed by atoms with E-state index in [0.717, 1.165) is 70.6 Å². The summed E-state index contributed by atoms with van der Waals surface area (Å²) < 4.78 is 33.4. The summed E-state index contributed by atoms with van der Waals surface area (Å²) in [5.74, 6) is -0.352. The molecule has 0 bridgehead atoms. The van der Waals surface area contributed by atoms with E-state index in [9.17, 15) is 14.3 Å². The Morgan fingerprint density at radius 3 is 1.55 bits per heavy atom. The number of esters is 1. The average Bonchev–Trinajstić information content (AvgIpc) is 3.17. The summed E-state index contributed by atoms with van der Waals surface area (Å²) in [4.78, 5) is 22.5. The molecule has 0 rings (SSSR count). The Labute approximate surface area is 337 Å². The van der Waals surface area contributed by atoms with Crippen LogP contribution >= 0.6 is 7.82 Å². The Bertz CT molecular complexity index is 1070. The second kappa shape index (κ2) is 43.1. The van der Waals surface area contributed by atoms with Crippen LogP contribution in [-0.2, 0) is 27.9 Å². The molecule has 0 aromatic carbocycles. The lowest BCUT2D eigenvalue weighted by molar-refractivity contribution is -0.154. The van der Waals surface area contributed by atoms with Crippen molar-refractivity contribution < 1.29 is 32.8 Å². The maximum absolute atomic E-state index is 12.6. The fourth-order valence-corrected chi connectivity index (χ4v) is 6.43. The molecule has 55 heavy (non-hydrogen) atoms. The van der Waals surface area contributed by atoms with Crippen LogP contribution in [-0.4, -0.2) is 49.9 Å². The number of unbranched alkanes of at least 4 members (excludes halogenated alkanes) is 16. The maximum atomic E-state index is 12.6. The lowest BCUT2D eigenvalue weighted by Crippen LogP contribution is -2.28. The van der Waals surface area contributed by atoms with Crippen molar-refractivity contribution in [3.63, 3.8) is 0 Å². The van der Waals surface area contributed by atoms with E-state index in [1.165, 1.54) is 83.5 Å². The number of phosphoric ester groups is 1. The third kappa shape index (κ3) is 42.9. The molecule has 0 fully saturated rings. The van der Waals surface area contributed by atoms with Crippen LogP contribution in [0.3, 0.4) is 0 Å². The molecule has 8 nitrogen and oxygen atoms in total. The van der Waals surface area contributed by atoms with Crippen LogP contribution in [0.2, 0.25) is 0 Å². The van der Waals surface area contributed by atoms with Gasteiger partial charge < -0.3 is 20.1 Å². The minimum absolute atomic E-state index is 0.0820. The molecule has 0 saturated heterocycles. The molecule has 0 aliphatic heterocycles. The van der Waals surface area contributed by atoms with Crippen molar-refractivity contribution in [2.45, 2.75) is 180 Å². The van der Waals surface area contributed by atoms with E-state index in [0.29, 0.717) is 13.0 Å². The van der Waals surface area contributed by atoms with Gasteiger partial charge in [0.1, 0.15) is 6.10 Å². The molecular weight excluding hydrogens is 709 g/mol. The van der Waals surface area contributed by atoms with Crippen LogP contribution in [0.1, 0.15) is 174 Å². The highest BCUT2D eigenvalue weighted by molar-refractivity contribution is 7.47. The molecule has 0 radical (unpaired) electrons. The lowest BCUT2D eigenvalue weighted by Gasteiger charge is -2.20. The standard InChI is InChI=1S/C46H82NO7P/c1-3-5-7-9-11-13-15-17-19-21-23-25-27-29-31-33-35-37-39-46(48)54-45(44-53-55(49,50)52-42-40-47)43-51-41-38-36-34-32-30-28-26-24-22-20-18-16-14-12-10-8-6-4-2/h6,8,12,14,18-21,24,26,30,32,45H,3-5,7,9-11,13,15-17,22-23,25,27-29,31,33-44,47H2,1-2H3,(H,49,50)/b8-6-,14-12-,20-18-,21-19-,26-24-,32-30-. The summed E-state index contributed by atoms with van der Waals surface area (Å²) in [6.45, 7) is 4.68. The van der Waals surface area contributed by atoms with E-state index in [4.69, 9.17) is 24.3 Å². The predicted molar refractivity (Wildman–Crippen MR) is 233 cm³/mol. The van der Waals surface area contributed by atoms with Gasteiger partial charge in [-0.3, -0.25) is 13.8 Å². The first-order chi connectivity index (χ1) is 26.9. The quantitative estimate of drug-likeness (QED) is 0.0272. The van der Waals surface area contributed by atoms with E-state index >= 15 is 0 Å². The van der Waals surface area contributed by atoms with Crippen LogP contribution in [0.15, 0.2) is 72.9 Å². The first-order valence-electron chi connectivity index (χ1n) is 21.9. The van der Waals surface area contributed by atoms with E-state index in [1.807, 2.05) is 0 Å². The van der Waals surface area contributed by atoms with Crippen LogP contribution < -0.4 is 5.73 Å². The van der Waals surface area contributed by atoms with Crippen LogP contribution in [0.25, 0.3) is 0 Å². The molecule has 9 heteroatoms. The van der Waals surface area contributed by atoms with Crippen LogP contribution in [0, 0.1) is 0 Å². The molecule has 0 saturated carbocycles. The molecule has 0 amide bonds. The van der Waals surface area contributed by atoms with E-state index < -0.39 is 13.9 Å². The minimum Gasteiger partial charge on any atom is -0.457 e. The highest BCUT2D eigenvalue weighted by Gasteiger charge is 2.25. The fourth-order valence-electron chi connectivity index (χ4n) is 5.66. The Morgan fingerprint density at radius 2 is 1.02 bits per heavy atom. The molecule has 318 valence electrons. The molecule has 0 spiro atoms. The molecule has 2 unspecified atom stereocenters. The van der Waals surface area contributed by atoms with Gasteiger partial charge in [-0.05, 0) is 83.5 Å². The zero-order valence-electron chi connectivity index (χ0n) is 35.1. The number of nitrogens with two attached hydrogens (primary N) is 1. The number of hydrogen-bond donors (Lipinski definition) is 2. The average molecular weight is 792 g/mol. The molecule has 0 aromatic rings. The van der Waals surface area contributed by atoms with Gasteiger partial charge in [0, 0.05) is 19.6 Å². The molecular formula is C46H82NO7P. The van der Waals surface area contributed by atoms with Crippen molar-refractivity contribution in [3.8, 4) is 0 Å². The Morgan fingerprint density at radius 1 is 0.564 bits per heavy atom. The Hall–Kier alpha value is -2.06. The molecule has 2 atom stereocenters. The van der Waals surface area contributed by atoms with E-state index in [2.05, 4.69) is 86.8 Å². The first-order valence-corrected chi connectivity index (χ1v) is 23.4. The van der Waals surface area contributed by atoms with Gasteiger partial charge >= 0.3 is 13.8 Å². The number of rotatable bonds is 41. The zero-order chi connectivity index (χ0) is 40.2. The number of carbonyl (C=O) groups excluding carboxylic acids is 1. The largest absolute Gasteiger partial charge is 0.472 e. The van der Waals surface area contributed by atoms with Crippen molar-refractivity contribution in [2.24, 2.45) is 5.73 Å². The summed E-state index contributed by atoms with van der Waals surface area (Å²) in [5.41, 5.74) is 5.37.